The molecule has 7 heteroatoms. The van der Waals surface area contributed by atoms with Crippen molar-refractivity contribution in [2.24, 2.45) is 0 Å². The van der Waals surface area contributed by atoms with Gasteiger partial charge in [0.15, 0.2) is 6.10 Å². The molecule has 2 aromatic rings. The van der Waals surface area contributed by atoms with Gasteiger partial charge in [0.05, 0.1) is 11.9 Å². The average molecular weight is 403 g/mol. The van der Waals surface area contributed by atoms with Gasteiger partial charge in [0.1, 0.15) is 5.75 Å². The third-order valence-corrected chi connectivity index (χ3v) is 6.27. The number of carbonyl (C=O) groups excluding carboxylic acids is 1. The summed E-state index contributed by atoms with van der Waals surface area (Å²) in [5, 5.41) is 0. The molecule has 150 valence electrons. The van der Waals surface area contributed by atoms with Crippen LogP contribution < -0.4 is 13.9 Å². The van der Waals surface area contributed by atoms with Gasteiger partial charge in [0, 0.05) is 18.8 Å². The number of para-hydroxylation sites is 1. The Morgan fingerprint density at radius 2 is 1.86 bits per heavy atom. The van der Waals surface area contributed by atoms with Crippen LogP contribution in [0, 0.1) is 0 Å². The van der Waals surface area contributed by atoms with Crippen LogP contribution in [0.5, 0.6) is 5.75 Å². The molecule has 0 bridgehead atoms. The minimum Gasteiger partial charge on any atom is -0.481 e. The van der Waals surface area contributed by atoms with Crippen molar-refractivity contribution < 1.29 is 17.9 Å². The molecule has 1 aliphatic heterocycles. The highest BCUT2D eigenvalue weighted by Crippen LogP contribution is 2.33. The van der Waals surface area contributed by atoms with Crippen molar-refractivity contribution in [1.82, 2.24) is 0 Å². The number of carbonyl (C=O) groups is 1. The maximum atomic E-state index is 13.2. The van der Waals surface area contributed by atoms with E-state index >= 15 is 0 Å². The molecule has 3 rings (SSSR count). The van der Waals surface area contributed by atoms with Crippen LogP contribution in [-0.4, -0.2) is 39.8 Å². The van der Waals surface area contributed by atoms with Crippen LogP contribution >= 0.6 is 0 Å². The molecule has 0 fully saturated rings. The van der Waals surface area contributed by atoms with E-state index in [1.807, 2.05) is 36.9 Å². The van der Waals surface area contributed by atoms with Gasteiger partial charge in [0.2, 0.25) is 10.0 Å². The molecule has 0 aromatic heterocycles. The van der Waals surface area contributed by atoms with Gasteiger partial charge in [-0.2, -0.15) is 0 Å². The first kappa shape index (κ1) is 20.2. The molecule has 0 saturated carbocycles. The predicted octanol–water partition coefficient (Wildman–Crippen LogP) is 3.22. The van der Waals surface area contributed by atoms with Crippen LogP contribution in [0.15, 0.2) is 48.5 Å². The minimum absolute atomic E-state index is 0.0581. The molecular weight excluding hydrogens is 376 g/mol. The first-order valence-corrected chi connectivity index (χ1v) is 11.2. The molecule has 28 heavy (non-hydrogen) atoms. The molecule has 1 amide bonds. The van der Waals surface area contributed by atoms with Crippen LogP contribution in [0.4, 0.5) is 11.4 Å². The van der Waals surface area contributed by atoms with Gasteiger partial charge in [-0.1, -0.05) is 25.1 Å². The monoisotopic (exact) mass is 402 g/mol. The first-order valence-electron chi connectivity index (χ1n) is 9.34. The summed E-state index contributed by atoms with van der Waals surface area (Å²) in [6, 6.07) is 14.8. The Hall–Kier alpha value is -2.54. The average Bonchev–Trinajstić information content (AvgIpc) is 3.00. The summed E-state index contributed by atoms with van der Waals surface area (Å²) in [4.78, 5) is 15.0. The lowest BCUT2D eigenvalue weighted by atomic mass is 10.1. The molecule has 0 saturated heterocycles. The van der Waals surface area contributed by atoms with Crippen molar-refractivity contribution in [3.63, 3.8) is 0 Å². The summed E-state index contributed by atoms with van der Waals surface area (Å²) < 4.78 is 30.5. The number of hydrogen-bond donors (Lipinski definition) is 0. The second-order valence-corrected chi connectivity index (χ2v) is 9.14. The molecule has 0 aliphatic carbocycles. The Morgan fingerprint density at radius 3 is 2.46 bits per heavy atom. The summed E-state index contributed by atoms with van der Waals surface area (Å²) in [5.41, 5.74) is 2.66. The molecule has 1 heterocycles. The number of sulfonamides is 1. The number of amides is 1. The summed E-state index contributed by atoms with van der Waals surface area (Å²) in [6.07, 6.45) is 1.92. The number of anilines is 2. The van der Waals surface area contributed by atoms with Crippen molar-refractivity contribution in [2.75, 3.05) is 22.5 Å². The van der Waals surface area contributed by atoms with Crippen LogP contribution in [0.1, 0.15) is 25.8 Å². The summed E-state index contributed by atoms with van der Waals surface area (Å²) in [7, 11) is -1.83. The smallest absolute Gasteiger partial charge is 0.268 e. The van der Waals surface area contributed by atoms with E-state index in [1.54, 1.807) is 24.3 Å². The van der Waals surface area contributed by atoms with Gasteiger partial charge in [-0.15, -0.1) is 0 Å². The lowest BCUT2D eigenvalue weighted by Crippen LogP contribution is -2.44. The van der Waals surface area contributed by atoms with Gasteiger partial charge in [-0.3, -0.25) is 9.10 Å². The molecule has 0 spiro atoms. The first-order chi connectivity index (χ1) is 13.2. The quantitative estimate of drug-likeness (QED) is 0.744. The van der Waals surface area contributed by atoms with E-state index in [1.165, 1.54) is 16.9 Å². The number of hydrogen-bond acceptors (Lipinski definition) is 4. The predicted molar refractivity (Wildman–Crippen MR) is 111 cm³/mol. The summed E-state index contributed by atoms with van der Waals surface area (Å²) >= 11 is 0. The third kappa shape index (κ3) is 3.99. The fourth-order valence-electron chi connectivity index (χ4n) is 3.46. The Balaban J connectivity index is 1.77. The third-order valence-electron chi connectivity index (χ3n) is 5.07. The van der Waals surface area contributed by atoms with Gasteiger partial charge < -0.3 is 9.64 Å². The zero-order valence-electron chi connectivity index (χ0n) is 16.6. The van der Waals surface area contributed by atoms with Gasteiger partial charge in [-0.25, -0.2) is 8.42 Å². The van der Waals surface area contributed by atoms with Gasteiger partial charge in [-0.05, 0) is 55.7 Å². The van der Waals surface area contributed by atoms with E-state index in [2.05, 4.69) is 6.07 Å². The van der Waals surface area contributed by atoms with E-state index in [0.29, 0.717) is 17.9 Å². The highest BCUT2D eigenvalue weighted by Gasteiger charge is 2.35. The van der Waals surface area contributed by atoms with E-state index in [4.69, 9.17) is 4.74 Å². The fourth-order valence-corrected chi connectivity index (χ4v) is 3.96. The molecule has 0 radical (unpaired) electrons. The van der Waals surface area contributed by atoms with E-state index in [0.717, 1.165) is 18.4 Å². The fraction of sp³-hybridized carbons (Fsp3) is 0.381. The maximum absolute atomic E-state index is 13.2. The van der Waals surface area contributed by atoms with E-state index < -0.39 is 16.1 Å². The van der Waals surface area contributed by atoms with Crippen LogP contribution in [0.2, 0.25) is 0 Å². The second kappa shape index (κ2) is 7.83. The van der Waals surface area contributed by atoms with Crippen molar-refractivity contribution >= 4 is 27.3 Å². The van der Waals surface area contributed by atoms with Crippen LogP contribution in [0.3, 0.4) is 0 Å². The zero-order chi connectivity index (χ0) is 20.5. The zero-order valence-corrected chi connectivity index (χ0v) is 17.4. The minimum atomic E-state index is -3.32. The standard InChI is InChI=1S/C21H26N2O4S/c1-5-20(21(24)23-15(2)14-16-8-6-7-9-19(16)23)27-18-12-10-17(11-13-18)22(3)28(4,25)26/h6-13,15,20H,5,14H2,1-4H3. The van der Waals surface area contributed by atoms with Crippen molar-refractivity contribution in [3.8, 4) is 5.75 Å². The Kier molecular flexibility index (Phi) is 5.65. The number of ether oxygens (including phenoxy) is 1. The lowest BCUT2D eigenvalue weighted by molar-refractivity contribution is -0.125. The Morgan fingerprint density at radius 1 is 1.21 bits per heavy atom. The number of benzene rings is 2. The Labute approximate surface area is 166 Å². The molecule has 0 N–H and O–H groups in total. The SMILES string of the molecule is CCC(Oc1ccc(N(C)S(C)(=O)=O)cc1)C(=O)N1c2ccccc2CC1C. The summed E-state index contributed by atoms with van der Waals surface area (Å²) in [5.74, 6) is 0.475. The summed E-state index contributed by atoms with van der Waals surface area (Å²) in [6.45, 7) is 3.96. The number of rotatable bonds is 6. The normalized spacial score (nSPS) is 17.1. The largest absolute Gasteiger partial charge is 0.481 e. The molecule has 1 aliphatic rings. The van der Waals surface area contributed by atoms with Crippen molar-refractivity contribution in [3.05, 3.63) is 54.1 Å². The Bertz CT molecular complexity index is 957. The lowest BCUT2D eigenvalue weighted by Gasteiger charge is -2.27. The highest BCUT2D eigenvalue weighted by molar-refractivity contribution is 7.92. The van der Waals surface area contributed by atoms with Crippen molar-refractivity contribution in [1.29, 1.82) is 0 Å². The second-order valence-electron chi connectivity index (χ2n) is 7.13. The number of fused-ring (bicyclic) bond motifs is 1. The molecule has 2 aromatic carbocycles. The molecular formula is C21H26N2O4S. The van der Waals surface area contributed by atoms with Crippen molar-refractivity contribution in [2.45, 2.75) is 38.8 Å². The van der Waals surface area contributed by atoms with Gasteiger partial charge >= 0.3 is 0 Å². The van der Waals surface area contributed by atoms with Gasteiger partial charge in [0.25, 0.3) is 5.91 Å². The topological polar surface area (TPSA) is 66.9 Å². The molecule has 2 atom stereocenters. The highest BCUT2D eigenvalue weighted by atomic mass is 32.2. The van der Waals surface area contributed by atoms with Crippen LogP contribution in [-0.2, 0) is 21.2 Å². The van der Waals surface area contributed by atoms with E-state index in [9.17, 15) is 13.2 Å². The van der Waals surface area contributed by atoms with Crippen LogP contribution in [0.25, 0.3) is 0 Å². The number of nitrogens with zero attached hydrogens (tertiary/aromatic N) is 2. The van der Waals surface area contributed by atoms with E-state index in [-0.39, 0.29) is 11.9 Å². The molecule has 6 nitrogen and oxygen atoms in total. The molecule has 2 unspecified atom stereocenters. The maximum Gasteiger partial charge on any atom is 0.268 e.